The van der Waals surface area contributed by atoms with Crippen molar-refractivity contribution in [1.29, 1.82) is 0 Å². The molecule has 0 fully saturated rings. The van der Waals surface area contributed by atoms with E-state index in [4.69, 9.17) is 9.84 Å². The van der Waals surface area contributed by atoms with Crippen LogP contribution in [0.25, 0.3) is 5.69 Å². The van der Waals surface area contributed by atoms with Gasteiger partial charge in [0.2, 0.25) is 0 Å². The highest BCUT2D eigenvalue weighted by Gasteiger charge is 2.30. The third-order valence-electron chi connectivity index (χ3n) is 4.51. The lowest BCUT2D eigenvalue weighted by Gasteiger charge is -2.13. The molecule has 8 heteroatoms. The Labute approximate surface area is 165 Å². The van der Waals surface area contributed by atoms with Crippen LogP contribution in [0.2, 0.25) is 0 Å². The molecule has 0 saturated heterocycles. The van der Waals surface area contributed by atoms with Crippen LogP contribution in [0.4, 0.5) is 13.2 Å². The molecule has 29 heavy (non-hydrogen) atoms. The highest BCUT2D eigenvalue weighted by atomic mass is 19.4. The van der Waals surface area contributed by atoms with E-state index >= 15 is 0 Å². The summed E-state index contributed by atoms with van der Waals surface area (Å²) < 4.78 is 45.4. The van der Waals surface area contributed by atoms with E-state index in [2.05, 4.69) is 5.10 Å². The molecule has 0 radical (unpaired) electrons. The van der Waals surface area contributed by atoms with Gasteiger partial charge < -0.3 is 9.84 Å². The summed E-state index contributed by atoms with van der Waals surface area (Å²) >= 11 is 0. The Hall–Kier alpha value is -3.29. The minimum Gasteiger partial charge on any atom is -0.493 e. The van der Waals surface area contributed by atoms with Gasteiger partial charge in [0, 0.05) is 12.1 Å². The van der Waals surface area contributed by atoms with Crippen LogP contribution in [-0.4, -0.2) is 27.5 Å². The number of hydrogen-bond donors (Lipinski definition) is 1. The summed E-state index contributed by atoms with van der Waals surface area (Å²) in [5.41, 5.74) is 1.58. The number of alkyl halides is 3. The first kappa shape index (κ1) is 20.4. The molecule has 152 valence electrons. The van der Waals surface area contributed by atoms with Crippen LogP contribution in [0.15, 0.2) is 54.7 Å². The summed E-state index contributed by atoms with van der Waals surface area (Å²) in [4.78, 5) is 11.0. The molecule has 2 aromatic carbocycles. The van der Waals surface area contributed by atoms with Gasteiger partial charge in [-0.05, 0) is 55.0 Å². The molecule has 1 atom stereocenters. The van der Waals surface area contributed by atoms with Crippen LogP contribution in [0.3, 0.4) is 0 Å². The molecule has 0 amide bonds. The minimum absolute atomic E-state index is 0.0633. The molecule has 1 N–H and O–H groups in total. The van der Waals surface area contributed by atoms with Gasteiger partial charge in [-0.2, -0.15) is 18.3 Å². The van der Waals surface area contributed by atoms with E-state index in [0.29, 0.717) is 18.0 Å². The number of rotatable bonds is 6. The zero-order valence-electron chi connectivity index (χ0n) is 15.8. The third-order valence-corrected chi connectivity index (χ3v) is 4.51. The van der Waals surface area contributed by atoms with Crippen LogP contribution in [-0.2, 0) is 6.18 Å². The van der Waals surface area contributed by atoms with E-state index in [1.807, 2.05) is 13.8 Å². The first-order valence-corrected chi connectivity index (χ1v) is 8.85. The first-order chi connectivity index (χ1) is 13.6. The summed E-state index contributed by atoms with van der Waals surface area (Å²) in [7, 11) is 0. The Balaban J connectivity index is 1.72. The summed E-state index contributed by atoms with van der Waals surface area (Å²) in [6, 6.07) is 11.0. The zero-order chi connectivity index (χ0) is 21.2. The molecule has 1 unspecified atom stereocenters. The molecule has 0 aliphatic heterocycles. The van der Waals surface area contributed by atoms with Crippen LogP contribution < -0.4 is 4.74 Å². The number of aryl methyl sites for hydroxylation is 1. The van der Waals surface area contributed by atoms with E-state index in [1.165, 1.54) is 28.9 Å². The van der Waals surface area contributed by atoms with Gasteiger partial charge in [-0.15, -0.1) is 0 Å². The molecule has 0 aliphatic rings. The molecule has 0 bridgehead atoms. The first-order valence-electron chi connectivity index (χ1n) is 8.85. The standard InChI is InChI=1S/C21H19F3N2O3/c1-13(12-29-18-5-3-4-15(10-18)20(27)28)19-11-26(25-14(19)2)17-8-6-16(7-9-17)21(22,23)24/h3-11,13H,12H2,1-2H3,(H,27,28). The number of benzene rings is 2. The summed E-state index contributed by atoms with van der Waals surface area (Å²) in [6.07, 6.45) is -2.62. The van der Waals surface area contributed by atoms with Crippen LogP contribution in [0, 0.1) is 6.92 Å². The van der Waals surface area contributed by atoms with Crippen molar-refractivity contribution in [3.8, 4) is 11.4 Å². The number of aromatic carboxylic acids is 1. The lowest BCUT2D eigenvalue weighted by Crippen LogP contribution is -2.08. The molecule has 3 aromatic rings. The Bertz CT molecular complexity index is 1010. The highest BCUT2D eigenvalue weighted by molar-refractivity contribution is 5.88. The minimum atomic E-state index is -4.38. The summed E-state index contributed by atoms with van der Waals surface area (Å²) in [6.45, 7) is 4.04. The molecule has 0 saturated carbocycles. The number of carboxylic acid groups (broad SMARTS) is 1. The van der Waals surface area contributed by atoms with Gasteiger partial charge in [0.25, 0.3) is 0 Å². The van der Waals surface area contributed by atoms with Gasteiger partial charge in [-0.25, -0.2) is 9.48 Å². The van der Waals surface area contributed by atoms with Crippen molar-refractivity contribution in [2.24, 2.45) is 0 Å². The lowest BCUT2D eigenvalue weighted by molar-refractivity contribution is -0.137. The number of ether oxygens (including phenoxy) is 1. The molecule has 0 aliphatic carbocycles. The number of nitrogens with zero attached hydrogens (tertiary/aromatic N) is 2. The van der Waals surface area contributed by atoms with Crippen LogP contribution in [0.1, 0.15) is 40.0 Å². The van der Waals surface area contributed by atoms with Crippen molar-refractivity contribution >= 4 is 5.97 Å². The zero-order valence-corrected chi connectivity index (χ0v) is 15.8. The maximum absolute atomic E-state index is 12.7. The molecule has 3 rings (SSSR count). The molecule has 5 nitrogen and oxygen atoms in total. The third kappa shape index (κ3) is 4.77. The van der Waals surface area contributed by atoms with Crippen LogP contribution >= 0.6 is 0 Å². The van der Waals surface area contributed by atoms with E-state index in [-0.39, 0.29) is 11.5 Å². The number of carboxylic acids is 1. The van der Waals surface area contributed by atoms with Crippen molar-refractivity contribution in [3.05, 3.63) is 77.1 Å². The van der Waals surface area contributed by atoms with Crippen LogP contribution in [0.5, 0.6) is 5.75 Å². The van der Waals surface area contributed by atoms with Crippen molar-refractivity contribution in [1.82, 2.24) is 9.78 Å². The predicted molar refractivity (Wildman–Crippen MR) is 101 cm³/mol. The molecule has 1 heterocycles. The van der Waals surface area contributed by atoms with Crippen molar-refractivity contribution < 1.29 is 27.8 Å². The maximum atomic E-state index is 12.7. The van der Waals surface area contributed by atoms with E-state index in [0.717, 1.165) is 23.4 Å². The molecular formula is C21H19F3N2O3. The summed E-state index contributed by atoms with van der Waals surface area (Å²) in [5.74, 6) is -0.645. The Morgan fingerprint density at radius 3 is 2.52 bits per heavy atom. The Morgan fingerprint density at radius 1 is 1.21 bits per heavy atom. The molecule has 0 spiro atoms. The maximum Gasteiger partial charge on any atom is 0.416 e. The summed E-state index contributed by atoms with van der Waals surface area (Å²) in [5, 5.41) is 13.4. The van der Waals surface area contributed by atoms with Crippen molar-refractivity contribution in [2.75, 3.05) is 6.61 Å². The van der Waals surface area contributed by atoms with Crippen molar-refractivity contribution in [2.45, 2.75) is 25.9 Å². The van der Waals surface area contributed by atoms with Crippen molar-refractivity contribution in [3.63, 3.8) is 0 Å². The Kier molecular flexibility index (Phi) is 5.63. The number of carbonyl (C=O) groups is 1. The molecular weight excluding hydrogens is 385 g/mol. The highest BCUT2D eigenvalue weighted by Crippen LogP contribution is 2.30. The van der Waals surface area contributed by atoms with Gasteiger partial charge in [-0.1, -0.05) is 13.0 Å². The van der Waals surface area contributed by atoms with E-state index < -0.39 is 17.7 Å². The van der Waals surface area contributed by atoms with Gasteiger partial charge in [0.05, 0.1) is 29.1 Å². The fourth-order valence-electron chi connectivity index (χ4n) is 2.92. The van der Waals surface area contributed by atoms with E-state index in [9.17, 15) is 18.0 Å². The molecule has 1 aromatic heterocycles. The number of halogens is 3. The largest absolute Gasteiger partial charge is 0.493 e. The van der Waals surface area contributed by atoms with E-state index in [1.54, 1.807) is 18.3 Å². The van der Waals surface area contributed by atoms with Gasteiger partial charge >= 0.3 is 12.1 Å². The lowest BCUT2D eigenvalue weighted by atomic mass is 10.0. The topological polar surface area (TPSA) is 64.4 Å². The monoisotopic (exact) mass is 404 g/mol. The number of aromatic nitrogens is 2. The predicted octanol–water partition coefficient (Wildman–Crippen LogP) is 5.08. The fraction of sp³-hybridized carbons (Fsp3) is 0.238. The van der Waals surface area contributed by atoms with Gasteiger partial charge in [0.15, 0.2) is 0 Å². The number of hydrogen-bond acceptors (Lipinski definition) is 3. The second kappa shape index (κ2) is 7.98. The average Bonchev–Trinajstić information content (AvgIpc) is 3.07. The SMILES string of the molecule is Cc1nn(-c2ccc(C(F)(F)F)cc2)cc1C(C)COc1cccc(C(=O)O)c1. The van der Waals surface area contributed by atoms with Gasteiger partial charge in [-0.3, -0.25) is 0 Å². The normalized spacial score (nSPS) is 12.6. The average molecular weight is 404 g/mol. The Morgan fingerprint density at radius 2 is 1.90 bits per heavy atom. The fourth-order valence-corrected chi connectivity index (χ4v) is 2.92. The second-order valence-electron chi connectivity index (χ2n) is 6.70. The van der Waals surface area contributed by atoms with Gasteiger partial charge in [0.1, 0.15) is 5.75 Å². The quantitative estimate of drug-likeness (QED) is 0.622. The smallest absolute Gasteiger partial charge is 0.416 e. The second-order valence-corrected chi connectivity index (χ2v) is 6.70.